The number of aromatic nitrogens is 2. The first-order valence-corrected chi connectivity index (χ1v) is 10.3. The van der Waals surface area contributed by atoms with E-state index < -0.39 is 5.92 Å². The van der Waals surface area contributed by atoms with E-state index in [1.165, 1.54) is 0 Å². The smallest absolute Gasteiger partial charge is 0.174 e. The third-order valence-corrected chi connectivity index (χ3v) is 6.11. The minimum absolute atomic E-state index is 0.0790. The van der Waals surface area contributed by atoms with Gasteiger partial charge in [-0.1, -0.05) is 36.4 Å². The number of ketones is 1. The fourth-order valence-corrected chi connectivity index (χ4v) is 4.58. The lowest BCUT2D eigenvalue weighted by atomic mass is 9.84. The van der Waals surface area contributed by atoms with Gasteiger partial charge >= 0.3 is 0 Å². The van der Waals surface area contributed by atoms with Crippen LogP contribution in [-0.4, -0.2) is 22.0 Å². The van der Waals surface area contributed by atoms with Gasteiger partial charge < -0.3 is 13.9 Å². The van der Waals surface area contributed by atoms with Crippen LogP contribution in [-0.2, 0) is 14.1 Å². The summed E-state index contributed by atoms with van der Waals surface area (Å²) in [5.74, 6) is 0.407. The summed E-state index contributed by atoms with van der Waals surface area (Å²) in [4.78, 5) is 14.0. The van der Waals surface area contributed by atoms with Crippen molar-refractivity contribution in [3.8, 4) is 5.75 Å². The van der Waals surface area contributed by atoms with Crippen LogP contribution >= 0.6 is 0 Å². The molecule has 0 aliphatic heterocycles. The molecule has 0 aliphatic rings. The number of fused-ring (bicyclic) bond motifs is 2. The summed E-state index contributed by atoms with van der Waals surface area (Å²) in [5, 5.41) is 2.20. The first-order valence-electron chi connectivity index (χ1n) is 10.3. The van der Waals surface area contributed by atoms with E-state index in [9.17, 15) is 4.79 Å². The number of carbonyl (C=O) groups excluding carboxylic acids is 1. The van der Waals surface area contributed by atoms with Gasteiger partial charge in [-0.3, -0.25) is 4.79 Å². The van der Waals surface area contributed by atoms with Crippen LogP contribution in [0.2, 0.25) is 0 Å². The summed E-state index contributed by atoms with van der Waals surface area (Å²) < 4.78 is 9.49. The zero-order valence-corrected chi connectivity index (χ0v) is 17.9. The minimum Gasteiger partial charge on any atom is -0.497 e. The summed E-state index contributed by atoms with van der Waals surface area (Å²) in [7, 11) is 5.69. The van der Waals surface area contributed by atoms with Crippen molar-refractivity contribution in [2.75, 3.05) is 7.11 Å². The van der Waals surface area contributed by atoms with E-state index in [-0.39, 0.29) is 5.78 Å². The Morgan fingerprint density at radius 1 is 0.742 bits per heavy atom. The number of methoxy groups -OCH3 is 1. The van der Waals surface area contributed by atoms with Crippen molar-refractivity contribution in [3.63, 3.8) is 0 Å². The highest BCUT2D eigenvalue weighted by Crippen LogP contribution is 2.38. The summed E-state index contributed by atoms with van der Waals surface area (Å²) >= 11 is 0. The van der Waals surface area contributed by atoms with Crippen molar-refractivity contribution in [2.24, 2.45) is 14.1 Å². The molecule has 3 aromatic carbocycles. The molecular weight excluding hydrogens is 384 g/mol. The van der Waals surface area contributed by atoms with Crippen LogP contribution in [0.15, 0.2) is 85.2 Å². The Hall–Kier alpha value is -3.79. The molecule has 0 amide bonds. The molecule has 0 saturated heterocycles. The normalized spacial score (nSPS) is 11.5. The number of nitrogens with zero attached hydrogens (tertiary/aromatic N) is 2. The number of aryl methyl sites for hydroxylation is 2. The second-order valence-electron chi connectivity index (χ2n) is 7.95. The molecule has 31 heavy (non-hydrogen) atoms. The molecule has 0 spiro atoms. The maximum atomic E-state index is 14.0. The van der Waals surface area contributed by atoms with Gasteiger partial charge in [0.15, 0.2) is 5.78 Å². The average molecular weight is 409 g/mol. The Labute approximate surface area is 181 Å². The highest BCUT2D eigenvalue weighted by molar-refractivity contribution is 6.07. The Bertz CT molecular complexity index is 1330. The summed E-state index contributed by atoms with van der Waals surface area (Å²) in [6.45, 7) is 0. The monoisotopic (exact) mass is 408 g/mol. The van der Waals surface area contributed by atoms with Gasteiger partial charge in [-0.2, -0.15) is 0 Å². The topological polar surface area (TPSA) is 36.2 Å². The number of benzene rings is 3. The van der Waals surface area contributed by atoms with Crippen LogP contribution in [0.25, 0.3) is 21.8 Å². The molecule has 0 bridgehead atoms. The highest BCUT2D eigenvalue weighted by Gasteiger charge is 2.29. The molecule has 0 atom stereocenters. The summed E-state index contributed by atoms with van der Waals surface area (Å²) in [5.41, 5.74) is 4.95. The Morgan fingerprint density at radius 3 is 1.71 bits per heavy atom. The molecule has 4 nitrogen and oxygen atoms in total. The van der Waals surface area contributed by atoms with E-state index >= 15 is 0 Å². The number of carbonyl (C=O) groups is 1. The SMILES string of the molecule is COc1ccc(C(=O)C(c2cn(C)c3ccccc23)c2cn(C)c3ccccc23)cc1. The number of ether oxygens (including phenoxy) is 1. The number of para-hydroxylation sites is 2. The Kier molecular flexibility index (Phi) is 4.63. The van der Waals surface area contributed by atoms with E-state index in [0.29, 0.717) is 5.56 Å². The van der Waals surface area contributed by atoms with Crippen LogP contribution in [0, 0.1) is 0 Å². The molecule has 5 aromatic rings. The molecule has 5 rings (SSSR count). The lowest BCUT2D eigenvalue weighted by Crippen LogP contribution is -2.14. The number of Topliss-reactive ketones (excluding diaryl/α,β-unsaturated/α-hetero) is 1. The van der Waals surface area contributed by atoms with E-state index in [4.69, 9.17) is 4.74 Å². The fourth-order valence-electron chi connectivity index (χ4n) is 4.58. The van der Waals surface area contributed by atoms with Gasteiger partial charge in [0, 0.05) is 53.9 Å². The second kappa shape index (κ2) is 7.47. The molecule has 0 aliphatic carbocycles. The van der Waals surface area contributed by atoms with E-state index in [0.717, 1.165) is 38.7 Å². The molecule has 0 fully saturated rings. The lowest BCUT2D eigenvalue weighted by molar-refractivity contribution is 0.0974. The maximum Gasteiger partial charge on any atom is 0.174 e. The van der Waals surface area contributed by atoms with Crippen LogP contribution < -0.4 is 4.74 Å². The van der Waals surface area contributed by atoms with E-state index in [1.807, 2.05) is 62.6 Å². The van der Waals surface area contributed by atoms with Gasteiger partial charge in [0.05, 0.1) is 13.0 Å². The lowest BCUT2D eigenvalue weighted by Gasteiger charge is -2.16. The predicted octanol–water partition coefficient (Wildman–Crippen LogP) is 5.69. The standard InChI is InChI=1S/C27H24N2O2/c1-28-16-22(20-8-4-6-10-24(20)28)26(27(30)18-12-14-19(31-3)15-13-18)23-17-29(2)25-11-7-5-9-21(23)25/h4-17,26H,1-3H3. The van der Waals surface area contributed by atoms with Crippen molar-refractivity contribution in [1.82, 2.24) is 9.13 Å². The first kappa shape index (κ1) is 19.2. The van der Waals surface area contributed by atoms with Crippen molar-refractivity contribution in [2.45, 2.75) is 5.92 Å². The molecule has 4 heteroatoms. The molecule has 154 valence electrons. The Balaban J connectivity index is 1.76. The summed E-state index contributed by atoms with van der Waals surface area (Å²) in [6.07, 6.45) is 4.19. The van der Waals surface area contributed by atoms with Crippen LogP contribution in [0.4, 0.5) is 0 Å². The van der Waals surface area contributed by atoms with Gasteiger partial charge in [0.2, 0.25) is 0 Å². The molecule has 0 radical (unpaired) electrons. The van der Waals surface area contributed by atoms with E-state index in [2.05, 4.69) is 45.8 Å². The second-order valence-corrected chi connectivity index (χ2v) is 7.95. The molecule has 0 saturated carbocycles. The molecule has 2 heterocycles. The minimum atomic E-state index is -0.411. The van der Waals surface area contributed by atoms with Crippen LogP contribution in [0.3, 0.4) is 0 Å². The zero-order chi connectivity index (χ0) is 21.5. The van der Waals surface area contributed by atoms with Crippen molar-refractivity contribution >= 4 is 27.6 Å². The Morgan fingerprint density at radius 2 is 1.23 bits per heavy atom. The van der Waals surface area contributed by atoms with Gasteiger partial charge in [-0.05, 0) is 47.5 Å². The number of hydrogen-bond acceptors (Lipinski definition) is 2. The maximum absolute atomic E-state index is 14.0. The van der Waals surface area contributed by atoms with Crippen molar-refractivity contribution in [1.29, 1.82) is 0 Å². The van der Waals surface area contributed by atoms with E-state index in [1.54, 1.807) is 7.11 Å². The largest absolute Gasteiger partial charge is 0.497 e. The average Bonchev–Trinajstić information content (AvgIpc) is 3.32. The molecule has 0 unspecified atom stereocenters. The molecular formula is C27H24N2O2. The predicted molar refractivity (Wildman–Crippen MR) is 125 cm³/mol. The van der Waals surface area contributed by atoms with Crippen molar-refractivity contribution in [3.05, 3.63) is 102 Å². The van der Waals surface area contributed by atoms with Crippen LogP contribution in [0.5, 0.6) is 5.75 Å². The number of hydrogen-bond donors (Lipinski definition) is 0. The summed E-state index contributed by atoms with van der Waals surface area (Å²) in [6, 6.07) is 23.9. The molecule has 0 N–H and O–H groups in total. The van der Waals surface area contributed by atoms with Gasteiger partial charge in [0.1, 0.15) is 5.75 Å². The number of rotatable bonds is 5. The van der Waals surface area contributed by atoms with Gasteiger partial charge in [-0.25, -0.2) is 0 Å². The first-order chi connectivity index (χ1) is 15.1. The fraction of sp³-hybridized carbons (Fsp3) is 0.148. The van der Waals surface area contributed by atoms with Crippen LogP contribution in [0.1, 0.15) is 27.4 Å². The van der Waals surface area contributed by atoms with Gasteiger partial charge in [-0.15, -0.1) is 0 Å². The van der Waals surface area contributed by atoms with Gasteiger partial charge in [0.25, 0.3) is 0 Å². The third kappa shape index (κ3) is 3.12. The van der Waals surface area contributed by atoms with Crippen molar-refractivity contribution < 1.29 is 9.53 Å². The third-order valence-electron chi connectivity index (χ3n) is 6.11. The quantitative estimate of drug-likeness (QED) is 0.350. The molecule has 2 aromatic heterocycles. The highest BCUT2D eigenvalue weighted by atomic mass is 16.5. The zero-order valence-electron chi connectivity index (χ0n) is 17.9.